The van der Waals surface area contributed by atoms with Gasteiger partial charge in [0.25, 0.3) is 0 Å². The highest BCUT2D eigenvalue weighted by molar-refractivity contribution is 9.10. The van der Waals surface area contributed by atoms with Crippen LogP contribution < -0.4 is 5.73 Å². The predicted molar refractivity (Wildman–Crippen MR) is 81.1 cm³/mol. The van der Waals surface area contributed by atoms with E-state index in [4.69, 9.17) is 10.3 Å². The summed E-state index contributed by atoms with van der Waals surface area (Å²) in [6.45, 7) is 0. The van der Waals surface area contributed by atoms with Gasteiger partial charge in [-0.1, -0.05) is 33.2 Å². The summed E-state index contributed by atoms with van der Waals surface area (Å²) in [5, 5.41) is 4.08. The van der Waals surface area contributed by atoms with E-state index in [1.54, 1.807) is 6.20 Å². The molecule has 0 spiro atoms. The van der Waals surface area contributed by atoms with E-state index in [1.807, 2.05) is 30.3 Å². The number of nitrogen functional groups attached to an aromatic ring is 1. The number of hydrogen-bond donors (Lipinski definition) is 1. The van der Waals surface area contributed by atoms with Crippen molar-refractivity contribution in [2.24, 2.45) is 0 Å². The Morgan fingerprint density at radius 2 is 1.95 bits per heavy atom. The van der Waals surface area contributed by atoms with Gasteiger partial charge in [0.1, 0.15) is 5.82 Å². The van der Waals surface area contributed by atoms with Crippen LogP contribution in [-0.4, -0.2) is 10.1 Å². The van der Waals surface area contributed by atoms with Crippen LogP contribution in [0, 0.1) is 0 Å². The first-order chi connectivity index (χ1) is 9.72. The second-order valence-corrected chi connectivity index (χ2v) is 5.34. The van der Waals surface area contributed by atoms with Crippen molar-refractivity contribution in [1.29, 1.82) is 0 Å². The number of aromatic nitrogens is 2. The van der Waals surface area contributed by atoms with Crippen molar-refractivity contribution in [2.45, 2.75) is 6.42 Å². The van der Waals surface area contributed by atoms with Crippen LogP contribution in [0.5, 0.6) is 0 Å². The van der Waals surface area contributed by atoms with Crippen LogP contribution in [0.2, 0.25) is 0 Å². The monoisotopic (exact) mass is 329 g/mol. The van der Waals surface area contributed by atoms with E-state index in [9.17, 15) is 0 Å². The van der Waals surface area contributed by atoms with Crippen LogP contribution in [0.25, 0.3) is 11.3 Å². The minimum Gasteiger partial charge on any atom is -0.383 e. The Labute approximate surface area is 124 Å². The molecule has 0 fully saturated rings. The molecule has 2 heterocycles. The first kappa shape index (κ1) is 12.9. The smallest absolute Gasteiger partial charge is 0.170 e. The Kier molecular flexibility index (Phi) is 3.52. The summed E-state index contributed by atoms with van der Waals surface area (Å²) in [4.78, 5) is 4.04. The molecule has 3 aromatic rings. The van der Waals surface area contributed by atoms with Crippen molar-refractivity contribution in [3.63, 3.8) is 0 Å². The molecule has 5 heteroatoms. The van der Waals surface area contributed by atoms with Crippen molar-refractivity contribution >= 4 is 21.7 Å². The third-order valence-electron chi connectivity index (χ3n) is 2.96. The van der Waals surface area contributed by atoms with E-state index in [-0.39, 0.29) is 0 Å². The van der Waals surface area contributed by atoms with E-state index < -0.39 is 0 Å². The number of halogens is 1. The molecule has 0 radical (unpaired) electrons. The van der Waals surface area contributed by atoms with Gasteiger partial charge >= 0.3 is 0 Å². The van der Waals surface area contributed by atoms with Gasteiger partial charge in [-0.2, -0.15) is 0 Å². The molecule has 0 saturated heterocycles. The molecule has 100 valence electrons. The van der Waals surface area contributed by atoms with Crippen LogP contribution in [0.3, 0.4) is 0 Å². The van der Waals surface area contributed by atoms with Gasteiger partial charge in [-0.25, -0.2) is 4.98 Å². The second kappa shape index (κ2) is 5.46. The van der Waals surface area contributed by atoms with Crippen molar-refractivity contribution in [3.8, 4) is 11.3 Å². The Hall–Kier alpha value is -2.14. The Morgan fingerprint density at radius 3 is 2.70 bits per heavy atom. The molecule has 4 nitrogen and oxygen atoms in total. The van der Waals surface area contributed by atoms with Gasteiger partial charge < -0.3 is 10.3 Å². The van der Waals surface area contributed by atoms with Gasteiger partial charge in [0.2, 0.25) is 0 Å². The van der Waals surface area contributed by atoms with Gasteiger partial charge in [-0.15, -0.1) is 0 Å². The number of nitrogens with zero attached hydrogens (tertiary/aromatic N) is 2. The lowest BCUT2D eigenvalue weighted by Gasteiger charge is -1.98. The van der Waals surface area contributed by atoms with Crippen molar-refractivity contribution < 1.29 is 4.52 Å². The van der Waals surface area contributed by atoms with Crippen LogP contribution in [-0.2, 0) is 6.42 Å². The second-order valence-electron chi connectivity index (χ2n) is 4.42. The number of rotatable bonds is 3. The average molecular weight is 330 g/mol. The standard InChI is InChI=1S/C15H12BrN3O/c16-11-5-3-10(4-6-11)8-12-9-14(20-19-12)13-2-1-7-18-15(13)17/h1-7,9H,8H2,(H2,17,18). The molecule has 1 aromatic carbocycles. The van der Waals surface area contributed by atoms with Crippen LogP contribution in [0.1, 0.15) is 11.3 Å². The van der Waals surface area contributed by atoms with E-state index in [0.29, 0.717) is 11.6 Å². The summed E-state index contributed by atoms with van der Waals surface area (Å²) in [5.74, 6) is 1.08. The molecule has 3 rings (SSSR count). The molecular weight excluding hydrogens is 318 g/mol. The largest absolute Gasteiger partial charge is 0.383 e. The Bertz CT molecular complexity index is 722. The number of anilines is 1. The highest BCUT2D eigenvalue weighted by atomic mass is 79.9. The average Bonchev–Trinajstić information content (AvgIpc) is 2.90. The van der Waals surface area contributed by atoms with Gasteiger partial charge in [-0.3, -0.25) is 0 Å². The predicted octanol–water partition coefficient (Wildman–Crippen LogP) is 3.67. The minimum atomic E-state index is 0.443. The Balaban J connectivity index is 1.84. The Morgan fingerprint density at radius 1 is 1.15 bits per heavy atom. The molecule has 2 aromatic heterocycles. The minimum absolute atomic E-state index is 0.443. The fraction of sp³-hybridized carbons (Fsp3) is 0.0667. The fourth-order valence-corrected chi connectivity index (χ4v) is 2.22. The normalized spacial score (nSPS) is 10.7. The zero-order valence-corrected chi connectivity index (χ0v) is 12.2. The zero-order chi connectivity index (χ0) is 13.9. The molecule has 0 atom stereocenters. The molecule has 0 aliphatic carbocycles. The van der Waals surface area contributed by atoms with Gasteiger partial charge in [0.05, 0.1) is 11.3 Å². The molecule has 2 N–H and O–H groups in total. The maximum atomic E-state index is 5.83. The number of nitrogens with two attached hydrogens (primary N) is 1. The van der Waals surface area contributed by atoms with Crippen LogP contribution in [0.15, 0.2) is 57.7 Å². The summed E-state index contributed by atoms with van der Waals surface area (Å²) in [5.41, 5.74) is 8.63. The summed E-state index contributed by atoms with van der Waals surface area (Å²) in [7, 11) is 0. The van der Waals surface area contributed by atoms with Crippen LogP contribution in [0.4, 0.5) is 5.82 Å². The molecule has 20 heavy (non-hydrogen) atoms. The third-order valence-corrected chi connectivity index (χ3v) is 3.49. The van der Waals surface area contributed by atoms with Crippen molar-refractivity contribution in [1.82, 2.24) is 10.1 Å². The summed E-state index contributed by atoms with van der Waals surface area (Å²) < 4.78 is 6.41. The summed E-state index contributed by atoms with van der Waals surface area (Å²) >= 11 is 3.42. The molecule has 0 saturated carbocycles. The quantitative estimate of drug-likeness (QED) is 0.796. The van der Waals surface area contributed by atoms with Gasteiger partial charge in [-0.05, 0) is 29.8 Å². The molecule has 0 amide bonds. The summed E-state index contributed by atoms with van der Waals surface area (Å²) in [6.07, 6.45) is 2.37. The first-order valence-corrected chi connectivity index (χ1v) is 6.92. The molecular formula is C15H12BrN3O. The topological polar surface area (TPSA) is 64.9 Å². The van der Waals surface area contributed by atoms with Crippen molar-refractivity contribution in [2.75, 3.05) is 5.73 Å². The number of benzene rings is 1. The van der Waals surface area contributed by atoms with Crippen LogP contribution >= 0.6 is 15.9 Å². The number of pyridine rings is 1. The highest BCUT2D eigenvalue weighted by Gasteiger charge is 2.10. The fourth-order valence-electron chi connectivity index (χ4n) is 1.96. The molecule has 0 unspecified atom stereocenters. The first-order valence-electron chi connectivity index (χ1n) is 6.13. The zero-order valence-electron chi connectivity index (χ0n) is 10.6. The van der Waals surface area contributed by atoms with Gasteiger partial charge in [0.15, 0.2) is 5.76 Å². The van der Waals surface area contributed by atoms with E-state index >= 15 is 0 Å². The van der Waals surface area contributed by atoms with Crippen molar-refractivity contribution in [3.05, 3.63) is 64.4 Å². The van der Waals surface area contributed by atoms with E-state index in [0.717, 1.165) is 22.2 Å². The maximum absolute atomic E-state index is 5.83. The lowest BCUT2D eigenvalue weighted by Crippen LogP contribution is -1.91. The lowest BCUT2D eigenvalue weighted by molar-refractivity contribution is 0.425. The lowest BCUT2D eigenvalue weighted by atomic mass is 10.1. The molecule has 0 bridgehead atoms. The highest BCUT2D eigenvalue weighted by Crippen LogP contribution is 2.25. The third kappa shape index (κ3) is 2.72. The van der Waals surface area contributed by atoms with E-state index in [2.05, 4.69) is 38.2 Å². The number of hydrogen-bond acceptors (Lipinski definition) is 4. The van der Waals surface area contributed by atoms with Gasteiger partial charge in [0, 0.05) is 23.2 Å². The SMILES string of the molecule is Nc1ncccc1-c1cc(Cc2ccc(Br)cc2)no1. The maximum Gasteiger partial charge on any atom is 0.170 e. The summed E-state index contributed by atoms with van der Waals surface area (Å²) in [6, 6.07) is 13.7. The van der Waals surface area contributed by atoms with E-state index in [1.165, 1.54) is 5.56 Å². The molecule has 0 aliphatic heterocycles. The molecule has 0 aliphatic rings.